The van der Waals surface area contributed by atoms with Crippen molar-refractivity contribution in [2.24, 2.45) is 5.92 Å². The molecule has 0 saturated carbocycles. The van der Waals surface area contributed by atoms with Gasteiger partial charge in [0.15, 0.2) is 13.2 Å². The topological polar surface area (TPSA) is 90.2 Å². The van der Waals surface area contributed by atoms with Crippen LogP contribution in [0.1, 0.15) is 19.8 Å². The second-order valence-corrected chi connectivity index (χ2v) is 6.23. The predicted octanol–water partition coefficient (Wildman–Crippen LogP) is 1.14. The summed E-state index contributed by atoms with van der Waals surface area (Å²) in [4.78, 5) is 26.8. The van der Waals surface area contributed by atoms with Gasteiger partial charge in [-0.15, -0.1) is 10.2 Å². The lowest BCUT2D eigenvalue weighted by molar-refractivity contribution is -0.153. The Morgan fingerprint density at radius 3 is 2.64 bits per heavy atom. The van der Waals surface area contributed by atoms with Crippen LogP contribution in [0.4, 0.5) is 0 Å². The predicted molar refractivity (Wildman–Crippen MR) is 89.2 cm³/mol. The van der Waals surface area contributed by atoms with Crippen molar-refractivity contribution in [3.63, 3.8) is 0 Å². The largest absolute Gasteiger partial charge is 0.454 e. The number of tetrazole rings is 1. The lowest BCUT2D eigenvalue weighted by atomic mass is 9.99. The molecule has 1 aliphatic heterocycles. The molecule has 1 aliphatic rings. The first-order valence-electron chi connectivity index (χ1n) is 8.38. The molecule has 8 heteroatoms. The number of amides is 1. The number of hydrogen-bond acceptors (Lipinski definition) is 6. The quantitative estimate of drug-likeness (QED) is 0.756. The van der Waals surface area contributed by atoms with E-state index in [2.05, 4.69) is 22.3 Å². The first kappa shape index (κ1) is 17.1. The minimum atomic E-state index is -0.560. The monoisotopic (exact) mass is 343 g/mol. The van der Waals surface area contributed by atoms with Gasteiger partial charge in [0.05, 0.1) is 0 Å². The number of aromatic nitrogens is 4. The third-order valence-corrected chi connectivity index (χ3v) is 4.25. The summed E-state index contributed by atoms with van der Waals surface area (Å²) >= 11 is 0. The molecule has 0 spiro atoms. The molecule has 0 bridgehead atoms. The van der Waals surface area contributed by atoms with E-state index in [1.165, 1.54) is 0 Å². The summed E-state index contributed by atoms with van der Waals surface area (Å²) < 4.78 is 5.04. The zero-order valence-corrected chi connectivity index (χ0v) is 14.2. The van der Waals surface area contributed by atoms with E-state index in [4.69, 9.17) is 4.74 Å². The minimum Gasteiger partial charge on any atom is -0.454 e. The van der Waals surface area contributed by atoms with Crippen LogP contribution in [-0.2, 0) is 20.9 Å². The molecule has 132 valence electrons. The molecule has 2 aromatic rings. The fourth-order valence-electron chi connectivity index (χ4n) is 2.67. The third-order valence-electron chi connectivity index (χ3n) is 4.25. The molecule has 3 rings (SSSR count). The van der Waals surface area contributed by atoms with E-state index in [1.807, 2.05) is 30.3 Å². The number of likely N-dealkylation sites (tertiary alicyclic amines) is 1. The highest BCUT2D eigenvalue weighted by molar-refractivity contribution is 5.80. The summed E-state index contributed by atoms with van der Waals surface area (Å²) in [5.41, 5.74) is 0.816. The van der Waals surface area contributed by atoms with E-state index in [1.54, 1.807) is 4.90 Å². The summed E-state index contributed by atoms with van der Waals surface area (Å²) in [7, 11) is 0. The Morgan fingerprint density at radius 2 is 1.92 bits per heavy atom. The van der Waals surface area contributed by atoms with Crippen molar-refractivity contribution in [3.8, 4) is 11.4 Å². The molecular weight excluding hydrogens is 322 g/mol. The van der Waals surface area contributed by atoms with E-state index < -0.39 is 5.97 Å². The first-order valence-corrected chi connectivity index (χ1v) is 8.38. The van der Waals surface area contributed by atoms with Crippen LogP contribution in [0.5, 0.6) is 0 Å². The van der Waals surface area contributed by atoms with Crippen molar-refractivity contribution in [1.82, 2.24) is 25.1 Å². The van der Waals surface area contributed by atoms with Crippen molar-refractivity contribution in [2.75, 3.05) is 19.7 Å². The van der Waals surface area contributed by atoms with Gasteiger partial charge in [-0.2, -0.15) is 4.80 Å². The van der Waals surface area contributed by atoms with Gasteiger partial charge in [-0.05, 0) is 24.0 Å². The molecule has 1 fully saturated rings. The van der Waals surface area contributed by atoms with Gasteiger partial charge in [-0.3, -0.25) is 4.79 Å². The Hall–Kier alpha value is -2.77. The number of rotatable bonds is 5. The van der Waals surface area contributed by atoms with Gasteiger partial charge in [-0.25, -0.2) is 4.79 Å². The van der Waals surface area contributed by atoms with E-state index >= 15 is 0 Å². The van der Waals surface area contributed by atoms with Crippen molar-refractivity contribution >= 4 is 11.9 Å². The number of hydrogen-bond donors (Lipinski definition) is 0. The Labute approximate surface area is 145 Å². The van der Waals surface area contributed by atoms with Crippen LogP contribution in [0.15, 0.2) is 30.3 Å². The Morgan fingerprint density at radius 1 is 1.20 bits per heavy atom. The lowest BCUT2D eigenvalue weighted by Crippen LogP contribution is -2.40. The van der Waals surface area contributed by atoms with E-state index in [-0.39, 0.29) is 19.1 Å². The van der Waals surface area contributed by atoms with Crippen LogP contribution >= 0.6 is 0 Å². The summed E-state index contributed by atoms with van der Waals surface area (Å²) in [5.74, 6) is 0.364. The SMILES string of the molecule is CC1CCN(C(=O)COC(=O)Cn2nnc(-c3ccccc3)n2)CC1. The number of carbonyl (C=O) groups is 2. The normalized spacial score (nSPS) is 15.2. The fraction of sp³-hybridized carbons (Fsp3) is 0.471. The van der Waals surface area contributed by atoms with Crippen LogP contribution in [0.3, 0.4) is 0 Å². The zero-order valence-electron chi connectivity index (χ0n) is 14.2. The van der Waals surface area contributed by atoms with E-state index in [0.717, 1.165) is 36.3 Å². The maximum atomic E-state index is 12.0. The number of benzene rings is 1. The Balaban J connectivity index is 1.47. The minimum absolute atomic E-state index is 0.156. The molecule has 1 aromatic carbocycles. The molecular formula is C17H21N5O3. The van der Waals surface area contributed by atoms with Crippen LogP contribution in [0, 0.1) is 5.92 Å². The van der Waals surface area contributed by atoms with Crippen LogP contribution in [0.25, 0.3) is 11.4 Å². The number of carbonyl (C=O) groups excluding carboxylic acids is 2. The van der Waals surface area contributed by atoms with Gasteiger partial charge in [-0.1, -0.05) is 37.3 Å². The van der Waals surface area contributed by atoms with Crippen LogP contribution < -0.4 is 0 Å². The molecule has 0 N–H and O–H groups in total. The molecule has 0 aliphatic carbocycles. The second kappa shape index (κ2) is 7.87. The van der Waals surface area contributed by atoms with Crippen molar-refractivity contribution in [3.05, 3.63) is 30.3 Å². The maximum Gasteiger partial charge on any atom is 0.330 e. The lowest BCUT2D eigenvalue weighted by Gasteiger charge is -2.30. The van der Waals surface area contributed by atoms with Gasteiger partial charge in [0.2, 0.25) is 5.82 Å². The number of piperidine rings is 1. The Kier molecular flexibility index (Phi) is 5.37. The van der Waals surface area contributed by atoms with E-state index in [9.17, 15) is 9.59 Å². The van der Waals surface area contributed by atoms with Crippen LogP contribution in [0.2, 0.25) is 0 Å². The molecule has 1 amide bonds. The van der Waals surface area contributed by atoms with Crippen molar-refractivity contribution in [1.29, 1.82) is 0 Å². The molecule has 1 aromatic heterocycles. The molecule has 2 heterocycles. The van der Waals surface area contributed by atoms with Gasteiger partial charge in [0.1, 0.15) is 0 Å². The highest BCUT2D eigenvalue weighted by atomic mass is 16.5. The molecule has 8 nitrogen and oxygen atoms in total. The standard InChI is InChI=1S/C17H21N5O3/c1-13-7-9-21(10-8-13)15(23)12-25-16(24)11-22-19-17(18-20-22)14-5-3-2-4-6-14/h2-6,13H,7-12H2,1H3. The van der Waals surface area contributed by atoms with E-state index in [0.29, 0.717) is 11.7 Å². The van der Waals surface area contributed by atoms with Crippen molar-refractivity contribution < 1.29 is 14.3 Å². The molecule has 25 heavy (non-hydrogen) atoms. The highest BCUT2D eigenvalue weighted by Crippen LogP contribution is 2.16. The van der Waals surface area contributed by atoms with Gasteiger partial charge < -0.3 is 9.64 Å². The maximum absolute atomic E-state index is 12.0. The van der Waals surface area contributed by atoms with Gasteiger partial charge >= 0.3 is 5.97 Å². The smallest absolute Gasteiger partial charge is 0.330 e. The summed E-state index contributed by atoms with van der Waals surface area (Å²) in [6.45, 7) is 3.21. The molecule has 0 atom stereocenters. The molecule has 0 unspecified atom stereocenters. The Bertz CT molecular complexity index is 723. The number of ether oxygens (including phenoxy) is 1. The summed E-state index contributed by atoms with van der Waals surface area (Å²) in [5, 5.41) is 11.9. The second-order valence-electron chi connectivity index (χ2n) is 6.23. The van der Waals surface area contributed by atoms with Crippen LogP contribution in [-0.4, -0.2) is 56.7 Å². The highest BCUT2D eigenvalue weighted by Gasteiger charge is 2.21. The summed E-state index contributed by atoms with van der Waals surface area (Å²) in [6, 6.07) is 9.36. The number of esters is 1. The number of nitrogens with zero attached hydrogens (tertiary/aromatic N) is 5. The fourth-order valence-corrected chi connectivity index (χ4v) is 2.67. The third kappa shape index (κ3) is 4.62. The van der Waals surface area contributed by atoms with Crippen molar-refractivity contribution in [2.45, 2.75) is 26.3 Å². The van der Waals surface area contributed by atoms with Gasteiger partial charge in [0, 0.05) is 18.7 Å². The molecule has 1 saturated heterocycles. The molecule has 0 radical (unpaired) electrons. The summed E-state index contributed by atoms with van der Waals surface area (Å²) in [6.07, 6.45) is 1.98. The average Bonchev–Trinajstić information content (AvgIpc) is 3.09. The van der Waals surface area contributed by atoms with Gasteiger partial charge in [0.25, 0.3) is 5.91 Å². The average molecular weight is 343 g/mol. The zero-order chi connectivity index (χ0) is 17.6. The first-order chi connectivity index (χ1) is 12.1.